The summed E-state index contributed by atoms with van der Waals surface area (Å²) in [6, 6.07) is 0. The van der Waals surface area contributed by atoms with Crippen molar-refractivity contribution in [2.75, 3.05) is 0 Å². The van der Waals surface area contributed by atoms with Crippen molar-refractivity contribution in [2.24, 2.45) is 0 Å². The van der Waals surface area contributed by atoms with Crippen LogP contribution in [-0.4, -0.2) is 24.3 Å². The molecule has 3 nitrogen and oxygen atoms in total. The van der Waals surface area contributed by atoms with Gasteiger partial charge in [-0.15, -0.1) is 0 Å². The number of epoxide rings is 1. The van der Waals surface area contributed by atoms with Crippen LogP contribution in [0.15, 0.2) is 0 Å². The molecule has 0 N–H and O–H groups in total. The van der Waals surface area contributed by atoms with Gasteiger partial charge in [0.2, 0.25) is 0 Å². The Hall–Kier alpha value is -0.570. The molecule has 11 heavy (non-hydrogen) atoms. The summed E-state index contributed by atoms with van der Waals surface area (Å²) in [5, 5.41) is 0. The molecule has 2 unspecified atom stereocenters. The van der Waals surface area contributed by atoms with Crippen molar-refractivity contribution in [3.63, 3.8) is 0 Å². The van der Waals surface area contributed by atoms with Crippen molar-refractivity contribution in [1.82, 2.24) is 0 Å². The molecular weight excluding hydrogens is 144 g/mol. The quantitative estimate of drug-likeness (QED) is 0.449. The highest BCUT2D eigenvalue weighted by atomic mass is 16.6. The topological polar surface area (TPSA) is 38.8 Å². The summed E-state index contributed by atoms with van der Waals surface area (Å²) in [5.41, 5.74) is 0. The summed E-state index contributed by atoms with van der Waals surface area (Å²) in [6.07, 6.45) is 3.10. The van der Waals surface area contributed by atoms with Crippen LogP contribution in [0.4, 0.5) is 0 Å². The average Bonchev–Trinajstić information content (AvgIpc) is 2.82. The second-order valence-electron chi connectivity index (χ2n) is 3.14. The highest BCUT2D eigenvalue weighted by Crippen LogP contribution is 2.30. The molecule has 0 aromatic carbocycles. The molecule has 0 aromatic heterocycles. The minimum atomic E-state index is -0.236. The van der Waals surface area contributed by atoms with Crippen LogP contribution in [0, 0.1) is 0 Å². The van der Waals surface area contributed by atoms with Gasteiger partial charge in [0, 0.05) is 0 Å². The molecule has 1 aliphatic carbocycles. The van der Waals surface area contributed by atoms with Crippen LogP contribution in [0.25, 0.3) is 0 Å². The van der Waals surface area contributed by atoms with E-state index >= 15 is 0 Å². The van der Waals surface area contributed by atoms with Crippen molar-refractivity contribution in [2.45, 2.75) is 44.5 Å². The van der Waals surface area contributed by atoms with Crippen molar-refractivity contribution in [3.05, 3.63) is 0 Å². The summed E-state index contributed by atoms with van der Waals surface area (Å²) >= 11 is 0. The van der Waals surface area contributed by atoms with Gasteiger partial charge in [0.15, 0.2) is 6.10 Å². The molecule has 0 spiro atoms. The molecule has 0 amide bonds. The fraction of sp³-hybridized carbons (Fsp3) is 0.875. The summed E-state index contributed by atoms with van der Waals surface area (Å²) in [4.78, 5) is 11.1. The Labute approximate surface area is 65.7 Å². The van der Waals surface area contributed by atoms with Gasteiger partial charge in [-0.05, 0) is 19.3 Å². The van der Waals surface area contributed by atoms with Gasteiger partial charge < -0.3 is 9.47 Å². The van der Waals surface area contributed by atoms with Crippen LogP contribution in [0.3, 0.4) is 0 Å². The summed E-state index contributed by atoms with van der Waals surface area (Å²) < 4.78 is 10.1. The molecule has 0 bridgehead atoms. The molecule has 2 atom stereocenters. The molecule has 2 fully saturated rings. The lowest BCUT2D eigenvalue weighted by Gasteiger charge is -1.97. The summed E-state index contributed by atoms with van der Waals surface area (Å²) in [5.74, 6) is -0.153. The van der Waals surface area contributed by atoms with Gasteiger partial charge in [-0.2, -0.15) is 0 Å². The van der Waals surface area contributed by atoms with Crippen LogP contribution in [0.1, 0.15) is 26.2 Å². The van der Waals surface area contributed by atoms with Gasteiger partial charge >= 0.3 is 5.97 Å². The first-order valence-corrected chi connectivity index (χ1v) is 4.17. The SMILES string of the molecule is CCC1OC1C(=O)OC1CC1. The Kier molecular flexibility index (Phi) is 1.60. The monoisotopic (exact) mass is 156 g/mol. The van der Waals surface area contributed by atoms with E-state index in [4.69, 9.17) is 9.47 Å². The lowest BCUT2D eigenvalue weighted by atomic mass is 10.2. The third-order valence-corrected chi connectivity index (χ3v) is 2.02. The highest BCUT2D eigenvalue weighted by Gasteiger charge is 2.46. The molecule has 1 saturated carbocycles. The van der Waals surface area contributed by atoms with Gasteiger partial charge in [-0.3, -0.25) is 0 Å². The van der Waals surface area contributed by atoms with E-state index in [0.717, 1.165) is 19.3 Å². The number of carbonyl (C=O) groups is 1. The predicted molar refractivity (Wildman–Crippen MR) is 38.1 cm³/mol. The lowest BCUT2D eigenvalue weighted by molar-refractivity contribution is -0.146. The normalized spacial score (nSPS) is 35.0. The molecular formula is C8H12O3. The van der Waals surface area contributed by atoms with E-state index in [2.05, 4.69) is 0 Å². The summed E-state index contributed by atoms with van der Waals surface area (Å²) in [6.45, 7) is 2.01. The number of carbonyl (C=O) groups excluding carboxylic acids is 1. The van der Waals surface area contributed by atoms with Crippen LogP contribution in [-0.2, 0) is 14.3 Å². The van der Waals surface area contributed by atoms with E-state index in [1.165, 1.54) is 0 Å². The van der Waals surface area contributed by atoms with Crippen molar-refractivity contribution in [3.8, 4) is 0 Å². The first-order chi connectivity index (χ1) is 5.31. The second-order valence-corrected chi connectivity index (χ2v) is 3.14. The smallest absolute Gasteiger partial charge is 0.338 e. The van der Waals surface area contributed by atoms with E-state index in [1.807, 2.05) is 6.92 Å². The Morgan fingerprint density at radius 2 is 2.36 bits per heavy atom. The van der Waals surface area contributed by atoms with Gasteiger partial charge in [-0.25, -0.2) is 4.79 Å². The van der Waals surface area contributed by atoms with E-state index < -0.39 is 0 Å². The van der Waals surface area contributed by atoms with E-state index in [0.29, 0.717) is 0 Å². The summed E-state index contributed by atoms with van der Waals surface area (Å²) in [7, 11) is 0. The molecule has 1 saturated heterocycles. The minimum Gasteiger partial charge on any atom is -0.460 e. The lowest BCUT2D eigenvalue weighted by Crippen LogP contribution is -2.14. The predicted octanol–water partition coefficient (Wildman–Crippen LogP) is 0.869. The zero-order valence-corrected chi connectivity index (χ0v) is 6.58. The molecule has 1 aliphatic heterocycles. The number of esters is 1. The Morgan fingerprint density at radius 3 is 2.82 bits per heavy atom. The molecule has 2 aliphatic rings. The maximum atomic E-state index is 11.1. The van der Waals surface area contributed by atoms with Crippen LogP contribution in [0.2, 0.25) is 0 Å². The second kappa shape index (κ2) is 2.48. The van der Waals surface area contributed by atoms with Crippen LogP contribution in [0.5, 0.6) is 0 Å². The van der Waals surface area contributed by atoms with Gasteiger partial charge in [0.05, 0.1) is 6.10 Å². The fourth-order valence-corrected chi connectivity index (χ4v) is 1.08. The van der Waals surface area contributed by atoms with Crippen molar-refractivity contribution in [1.29, 1.82) is 0 Å². The average molecular weight is 156 g/mol. The number of hydrogen-bond donors (Lipinski definition) is 0. The third-order valence-electron chi connectivity index (χ3n) is 2.02. The number of rotatable bonds is 3. The first-order valence-electron chi connectivity index (χ1n) is 4.17. The highest BCUT2D eigenvalue weighted by molar-refractivity contribution is 5.78. The Balaban J connectivity index is 1.73. The van der Waals surface area contributed by atoms with E-state index in [1.54, 1.807) is 0 Å². The van der Waals surface area contributed by atoms with Gasteiger partial charge in [0.25, 0.3) is 0 Å². The van der Waals surface area contributed by atoms with Crippen LogP contribution < -0.4 is 0 Å². The molecule has 0 radical (unpaired) electrons. The number of ether oxygens (including phenoxy) is 2. The Bertz CT molecular complexity index is 174. The first kappa shape index (κ1) is 7.10. The maximum Gasteiger partial charge on any atom is 0.338 e. The fourth-order valence-electron chi connectivity index (χ4n) is 1.08. The van der Waals surface area contributed by atoms with Crippen molar-refractivity contribution < 1.29 is 14.3 Å². The minimum absolute atomic E-state index is 0.140. The zero-order chi connectivity index (χ0) is 7.84. The maximum absolute atomic E-state index is 11.1. The Morgan fingerprint density at radius 1 is 1.64 bits per heavy atom. The van der Waals surface area contributed by atoms with Gasteiger partial charge in [0.1, 0.15) is 6.10 Å². The standard InChI is InChI=1S/C8H12O3/c1-2-6-7(11-6)8(9)10-5-3-4-5/h5-7H,2-4H2,1H3. The number of hydrogen-bond acceptors (Lipinski definition) is 3. The van der Waals surface area contributed by atoms with Crippen LogP contribution >= 0.6 is 0 Å². The molecule has 3 heteroatoms. The molecule has 1 heterocycles. The third kappa shape index (κ3) is 1.53. The van der Waals surface area contributed by atoms with E-state index in [-0.39, 0.29) is 24.3 Å². The van der Waals surface area contributed by atoms with E-state index in [9.17, 15) is 4.79 Å². The molecule has 0 aromatic rings. The molecule has 2 rings (SSSR count). The zero-order valence-electron chi connectivity index (χ0n) is 6.58. The van der Waals surface area contributed by atoms with Gasteiger partial charge in [-0.1, -0.05) is 6.92 Å². The van der Waals surface area contributed by atoms with Crippen molar-refractivity contribution >= 4 is 5.97 Å². The molecule has 62 valence electrons. The largest absolute Gasteiger partial charge is 0.460 e.